The summed E-state index contributed by atoms with van der Waals surface area (Å²) in [5.74, 6) is -0.334. The summed E-state index contributed by atoms with van der Waals surface area (Å²) in [6, 6.07) is 5.11. The summed E-state index contributed by atoms with van der Waals surface area (Å²) >= 11 is 1.36. The van der Waals surface area contributed by atoms with Gasteiger partial charge in [0.25, 0.3) is 11.8 Å². The number of amides is 2. The first kappa shape index (κ1) is 21.0. The fraction of sp³-hybridized carbons (Fsp3) is 0.522. The highest BCUT2D eigenvalue weighted by molar-refractivity contribution is 7.12. The van der Waals surface area contributed by atoms with Crippen molar-refractivity contribution in [2.24, 2.45) is 0 Å². The summed E-state index contributed by atoms with van der Waals surface area (Å²) < 4.78 is 0. The second-order valence-corrected chi connectivity index (χ2v) is 9.28. The number of aromatic nitrogens is 1. The first-order valence-corrected chi connectivity index (χ1v) is 11.9. The van der Waals surface area contributed by atoms with E-state index in [1.165, 1.54) is 49.9 Å². The molecule has 0 bridgehead atoms. The predicted octanol–water partition coefficient (Wildman–Crippen LogP) is 4.31. The number of hydrogen-bond donors (Lipinski definition) is 2. The molecule has 6 nitrogen and oxygen atoms in total. The minimum atomic E-state index is -0.234. The molecular weight excluding hydrogens is 396 g/mol. The lowest BCUT2D eigenvalue weighted by atomic mass is 9.79. The van der Waals surface area contributed by atoms with E-state index in [1.54, 1.807) is 30.6 Å². The fourth-order valence-electron chi connectivity index (χ4n) is 4.79. The maximum Gasteiger partial charge on any atom is 0.263 e. The SMILES string of the molecule is O=C(Nc1ccsc1C(=O)NCC1(N2CCCCC2)CCCCC1)c1ccncc1. The quantitative estimate of drug-likeness (QED) is 0.722. The van der Waals surface area contributed by atoms with E-state index in [-0.39, 0.29) is 17.4 Å². The number of carbonyl (C=O) groups is 2. The molecule has 160 valence electrons. The molecule has 2 aromatic heterocycles. The molecule has 1 saturated carbocycles. The normalized spacial score (nSPS) is 19.2. The van der Waals surface area contributed by atoms with E-state index in [0.29, 0.717) is 22.7 Å². The highest BCUT2D eigenvalue weighted by Crippen LogP contribution is 2.35. The third kappa shape index (κ3) is 4.73. The van der Waals surface area contributed by atoms with Crippen molar-refractivity contribution in [1.29, 1.82) is 0 Å². The second kappa shape index (κ2) is 9.71. The van der Waals surface area contributed by atoms with Crippen LogP contribution in [0.3, 0.4) is 0 Å². The van der Waals surface area contributed by atoms with Gasteiger partial charge < -0.3 is 10.6 Å². The maximum absolute atomic E-state index is 13.0. The summed E-state index contributed by atoms with van der Waals surface area (Å²) in [6.07, 6.45) is 13.1. The zero-order valence-corrected chi connectivity index (χ0v) is 18.2. The molecule has 1 aliphatic heterocycles. The van der Waals surface area contributed by atoms with Crippen LogP contribution in [0.15, 0.2) is 36.0 Å². The van der Waals surface area contributed by atoms with Gasteiger partial charge in [-0.05, 0) is 62.4 Å². The van der Waals surface area contributed by atoms with Crippen LogP contribution in [0.25, 0.3) is 0 Å². The zero-order chi connectivity index (χ0) is 20.8. The second-order valence-electron chi connectivity index (χ2n) is 8.37. The Labute approximate surface area is 182 Å². The average molecular weight is 427 g/mol. The van der Waals surface area contributed by atoms with Gasteiger partial charge in [0.2, 0.25) is 0 Å². The average Bonchev–Trinajstić information content (AvgIpc) is 3.27. The number of hydrogen-bond acceptors (Lipinski definition) is 5. The lowest BCUT2D eigenvalue weighted by Gasteiger charge is -2.48. The Morgan fingerprint density at radius 2 is 1.67 bits per heavy atom. The third-order valence-corrected chi connectivity index (χ3v) is 7.36. The fourth-order valence-corrected chi connectivity index (χ4v) is 5.55. The summed E-state index contributed by atoms with van der Waals surface area (Å²) in [4.78, 5) is 32.6. The number of pyridine rings is 1. The van der Waals surface area contributed by atoms with Crippen LogP contribution in [0.4, 0.5) is 5.69 Å². The van der Waals surface area contributed by atoms with Gasteiger partial charge in [0, 0.05) is 30.0 Å². The van der Waals surface area contributed by atoms with Crippen LogP contribution in [0.5, 0.6) is 0 Å². The smallest absolute Gasteiger partial charge is 0.263 e. The number of likely N-dealkylation sites (tertiary alicyclic amines) is 1. The Hall–Kier alpha value is -2.25. The molecule has 2 aromatic rings. The Morgan fingerprint density at radius 1 is 0.967 bits per heavy atom. The van der Waals surface area contributed by atoms with Crippen molar-refractivity contribution >= 4 is 28.8 Å². The van der Waals surface area contributed by atoms with Gasteiger partial charge >= 0.3 is 0 Å². The molecule has 7 heteroatoms. The first-order chi connectivity index (χ1) is 14.7. The van der Waals surface area contributed by atoms with E-state index in [1.807, 2.05) is 5.38 Å². The van der Waals surface area contributed by atoms with Gasteiger partial charge in [-0.15, -0.1) is 11.3 Å². The van der Waals surface area contributed by atoms with Crippen molar-refractivity contribution in [3.05, 3.63) is 46.4 Å². The van der Waals surface area contributed by atoms with E-state index < -0.39 is 0 Å². The van der Waals surface area contributed by atoms with E-state index in [2.05, 4.69) is 20.5 Å². The van der Waals surface area contributed by atoms with E-state index in [4.69, 9.17) is 0 Å². The van der Waals surface area contributed by atoms with E-state index in [0.717, 1.165) is 25.9 Å². The van der Waals surface area contributed by atoms with Gasteiger partial charge in [-0.3, -0.25) is 19.5 Å². The van der Waals surface area contributed by atoms with Crippen molar-refractivity contribution in [2.75, 3.05) is 25.0 Å². The summed E-state index contributed by atoms with van der Waals surface area (Å²) in [6.45, 7) is 2.96. The zero-order valence-electron chi connectivity index (χ0n) is 17.4. The number of anilines is 1. The van der Waals surface area contributed by atoms with Crippen molar-refractivity contribution in [3.63, 3.8) is 0 Å². The van der Waals surface area contributed by atoms with Crippen LogP contribution in [-0.4, -0.2) is 46.9 Å². The van der Waals surface area contributed by atoms with Crippen molar-refractivity contribution in [1.82, 2.24) is 15.2 Å². The van der Waals surface area contributed by atoms with Crippen molar-refractivity contribution < 1.29 is 9.59 Å². The molecule has 30 heavy (non-hydrogen) atoms. The number of nitrogens with zero attached hydrogens (tertiary/aromatic N) is 2. The molecule has 0 unspecified atom stereocenters. The van der Waals surface area contributed by atoms with Crippen LogP contribution in [-0.2, 0) is 0 Å². The molecule has 2 fully saturated rings. The van der Waals surface area contributed by atoms with Crippen LogP contribution >= 0.6 is 11.3 Å². The Balaban J connectivity index is 1.42. The number of nitrogens with one attached hydrogen (secondary N) is 2. The molecule has 0 atom stereocenters. The molecule has 0 spiro atoms. The third-order valence-electron chi connectivity index (χ3n) is 6.45. The number of carbonyl (C=O) groups excluding carboxylic acids is 2. The van der Waals surface area contributed by atoms with Crippen LogP contribution in [0.1, 0.15) is 71.4 Å². The number of rotatable bonds is 6. The molecular formula is C23H30N4O2S. The standard InChI is InChI=1S/C23H30N4O2S/c28-21(18-7-12-24-13-8-18)26-19-9-16-30-20(19)22(29)25-17-23(10-3-1-4-11-23)27-14-5-2-6-15-27/h7-9,12-13,16H,1-6,10-11,14-15,17H2,(H,25,29)(H,26,28). The molecule has 1 saturated heterocycles. The van der Waals surface area contributed by atoms with Crippen molar-refractivity contribution in [3.8, 4) is 0 Å². The molecule has 2 N–H and O–H groups in total. The highest BCUT2D eigenvalue weighted by atomic mass is 32.1. The van der Waals surface area contributed by atoms with Gasteiger partial charge in [0.1, 0.15) is 4.88 Å². The molecule has 2 amide bonds. The molecule has 3 heterocycles. The summed E-state index contributed by atoms with van der Waals surface area (Å²) in [5.41, 5.74) is 1.18. The lowest BCUT2D eigenvalue weighted by Crippen LogP contribution is -2.58. The first-order valence-electron chi connectivity index (χ1n) is 11.0. The largest absolute Gasteiger partial charge is 0.349 e. The molecule has 2 aliphatic rings. The van der Waals surface area contributed by atoms with Crippen molar-refractivity contribution in [2.45, 2.75) is 56.9 Å². The molecule has 4 rings (SSSR count). The minimum Gasteiger partial charge on any atom is -0.349 e. The van der Waals surface area contributed by atoms with Gasteiger partial charge in [0.05, 0.1) is 5.69 Å². The molecule has 1 aliphatic carbocycles. The van der Waals surface area contributed by atoms with E-state index >= 15 is 0 Å². The topological polar surface area (TPSA) is 74.3 Å². The van der Waals surface area contributed by atoms with Gasteiger partial charge in [-0.25, -0.2) is 0 Å². The van der Waals surface area contributed by atoms with Crippen LogP contribution < -0.4 is 10.6 Å². The van der Waals surface area contributed by atoms with Gasteiger partial charge in [-0.1, -0.05) is 25.7 Å². The summed E-state index contributed by atoms with van der Waals surface area (Å²) in [7, 11) is 0. The Kier molecular flexibility index (Phi) is 6.79. The van der Waals surface area contributed by atoms with Crippen LogP contribution in [0.2, 0.25) is 0 Å². The monoisotopic (exact) mass is 426 g/mol. The molecule has 0 aromatic carbocycles. The number of piperidine rings is 1. The van der Waals surface area contributed by atoms with Gasteiger partial charge in [-0.2, -0.15) is 0 Å². The maximum atomic E-state index is 13.0. The van der Waals surface area contributed by atoms with E-state index in [9.17, 15) is 9.59 Å². The molecule has 0 radical (unpaired) electrons. The number of thiophene rings is 1. The minimum absolute atomic E-state index is 0.0893. The lowest BCUT2D eigenvalue weighted by molar-refractivity contribution is 0.0327. The summed E-state index contributed by atoms with van der Waals surface area (Å²) in [5, 5.41) is 7.93. The predicted molar refractivity (Wildman–Crippen MR) is 120 cm³/mol. The van der Waals surface area contributed by atoms with Crippen LogP contribution in [0, 0.1) is 0 Å². The Morgan fingerprint density at radius 3 is 2.40 bits per heavy atom. The van der Waals surface area contributed by atoms with Gasteiger partial charge in [0.15, 0.2) is 0 Å². The highest BCUT2D eigenvalue weighted by Gasteiger charge is 2.38. The Bertz CT molecular complexity index is 855.